The van der Waals surface area contributed by atoms with E-state index in [4.69, 9.17) is 9.84 Å². The fourth-order valence-corrected chi connectivity index (χ4v) is 3.27. The van der Waals surface area contributed by atoms with Gasteiger partial charge in [-0.1, -0.05) is 24.0 Å². The topological polar surface area (TPSA) is 75.6 Å². The second-order valence-electron chi connectivity index (χ2n) is 4.14. The third kappa shape index (κ3) is 3.55. The largest absolute Gasteiger partial charge is 0.384 e. The van der Waals surface area contributed by atoms with Crippen LogP contribution in [0.25, 0.3) is 0 Å². The SMILES string of the molecule is O=S(=O)(NC1CCOC1)c1ccccc1C#CCO. The summed E-state index contributed by atoms with van der Waals surface area (Å²) in [6, 6.07) is 6.27. The first kappa shape index (κ1) is 14.0. The average Bonchev–Trinajstić information content (AvgIpc) is 2.88. The summed E-state index contributed by atoms with van der Waals surface area (Å²) < 4.78 is 32.3. The fraction of sp³-hybridized carbons (Fsp3) is 0.385. The van der Waals surface area contributed by atoms with Gasteiger partial charge in [-0.2, -0.15) is 0 Å². The summed E-state index contributed by atoms with van der Waals surface area (Å²) in [5, 5.41) is 8.70. The Balaban J connectivity index is 2.28. The van der Waals surface area contributed by atoms with Crippen molar-refractivity contribution in [2.45, 2.75) is 17.4 Å². The van der Waals surface area contributed by atoms with Gasteiger partial charge in [0, 0.05) is 18.2 Å². The maximum absolute atomic E-state index is 12.3. The van der Waals surface area contributed by atoms with Crippen molar-refractivity contribution in [3.05, 3.63) is 29.8 Å². The summed E-state index contributed by atoms with van der Waals surface area (Å²) in [5.74, 6) is 5.10. The van der Waals surface area contributed by atoms with Gasteiger partial charge in [-0.05, 0) is 18.6 Å². The van der Waals surface area contributed by atoms with Crippen LogP contribution in [0.1, 0.15) is 12.0 Å². The molecule has 2 rings (SSSR count). The second kappa shape index (κ2) is 6.17. The Hall–Kier alpha value is -1.39. The van der Waals surface area contributed by atoms with Gasteiger partial charge >= 0.3 is 0 Å². The molecule has 0 saturated carbocycles. The summed E-state index contributed by atoms with van der Waals surface area (Å²) in [6.45, 7) is 0.654. The van der Waals surface area contributed by atoms with Crippen molar-refractivity contribution in [2.24, 2.45) is 0 Å². The van der Waals surface area contributed by atoms with E-state index in [1.165, 1.54) is 6.07 Å². The van der Waals surface area contributed by atoms with Crippen LogP contribution < -0.4 is 4.72 Å². The minimum absolute atomic E-state index is 0.128. The van der Waals surface area contributed by atoms with Gasteiger partial charge in [0.15, 0.2) is 0 Å². The molecule has 0 amide bonds. The smallest absolute Gasteiger partial charge is 0.242 e. The molecule has 0 aliphatic carbocycles. The quantitative estimate of drug-likeness (QED) is 0.770. The third-order valence-corrected chi connectivity index (χ3v) is 4.31. The fourth-order valence-electron chi connectivity index (χ4n) is 1.85. The Morgan fingerprint density at radius 2 is 2.21 bits per heavy atom. The number of hydrogen-bond acceptors (Lipinski definition) is 4. The van der Waals surface area contributed by atoms with Gasteiger partial charge in [0.05, 0.1) is 11.5 Å². The van der Waals surface area contributed by atoms with Gasteiger partial charge in [0.1, 0.15) is 6.61 Å². The molecule has 0 aromatic heterocycles. The molecule has 2 N–H and O–H groups in total. The van der Waals surface area contributed by atoms with Gasteiger partial charge < -0.3 is 9.84 Å². The molecule has 19 heavy (non-hydrogen) atoms. The molecule has 102 valence electrons. The van der Waals surface area contributed by atoms with Gasteiger partial charge in [-0.15, -0.1) is 0 Å². The number of benzene rings is 1. The van der Waals surface area contributed by atoms with E-state index in [-0.39, 0.29) is 17.5 Å². The lowest BCUT2D eigenvalue weighted by Crippen LogP contribution is -2.35. The Morgan fingerprint density at radius 3 is 2.89 bits per heavy atom. The van der Waals surface area contributed by atoms with Crippen LogP contribution in [0.2, 0.25) is 0 Å². The van der Waals surface area contributed by atoms with Crippen molar-refractivity contribution in [1.82, 2.24) is 4.72 Å². The van der Waals surface area contributed by atoms with Crippen LogP contribution in [0.4, 0.5) is 0 Å². The first-order chi connectivity index (χ1) is 9.13. The number of nitrogens with one attached hydrogen (secondary N) is 1. The van der Waals surface area contributed by atoms with E-state index in [2.05, 4.69) is 16.6 Å². The van der Waals surface area contributed by atoms with Gasteiger partial charge in [-0.25, -0.2) is 13.1 Å². The summed E-state index contributed by atoms with van der Waals surface area (Å²) in [5.41, 5.74) is 0.378. The molecule has 5 nitrogen and oxygen atoms in total. The monoisotopic (exact) mass is 281 g/mol. The minimum atomic E-state index is -3.62. The standard InChI is InChI=1S/C13H15NO4S/c15-8-3-5-11-4-1-2-6-13(11)19(16,17)14-12-7-9-18-10-12/h1-2,4,6,12,14-15H,7-10H2. The molecule has 1 aromatic carbocycles. The molecule has 1 unspecified atom stereocenters. The molecule has 1 fully saturated rings. The molecule has 1 aliphatic rings. The summed E-state index contributed by atoms with van der Waals surface area (Å²) in [4.78, 5) is 0.128. The van der Waals surface area contributed by atoms with Crippen LogP contribution in [-0.2, 0) is 14.8 Å². The second-order valence-corrected chi connectivity index (χ2v) is 5.82. The highest BCUT2D eigenvalue weighted by molar-refractivity contribution is 7.89. The van der Waals surface area contributed by atoms with Crippen LogP contribution in [0.5, 0.6) is 0 Å². The highest BCUT2D eigenvalue weighted by atomic mass is 32.2. The molecule has 1 aliphatic heterocycles. The summed E-state index contributed by atoms with van der Waals surface area (Å²) in [6.07, 6.45) is 0.670. The van der Waals surface area contributed by atoms with Crippen LogP contribution in [0, 0.1) is 11.8 Å². The zero-order valence-corrected chi connectivity index (χ0v) is 11.1. The molecule has 1 atom stereocenters. The molecule has 0 bridgehead atoms. The molecule has 0 spiro atoms. The number of ether oxygens (including phenoxy) is 1. The van der Waals surface area contributed by atoms with Gasteiger partial charge in [0.2, 0.25) is 10.0 Å². The number of hydrogen-bond donors (Lipinski definition) is 2. The van der Waals surface area contributed by atoms with E-state index in [1.807, 2.05) is 0 Å². The van der Waals surface area contributed by atoms with Crippen LogP contribution >= 0.6 is 0 Å². The maximum atomic E-state index is 12.3. The van der Waals surface area contributed by atoms with Crippen LogP contribution in [0.15, 0.2) is 29.2 Å². The predicted octanol–water partition coefficient (Wildman–Crippen LogP) is 0.0976. The van der Waals surface area contributed by atoms with E-state index < -0.39 is 10.0 Å². The van der Waals surface area contributed by atoms with Crippen molar-refractivity contribution in [2.75, 3.05) is 19.8 Å². The first-order valence-electron chi connectivity index (χ1n) is 5.92. The normalized spacial score (nSPS) is 18.9. The minimum Gasteiger partial charge on any atom is -0.384 e. The highest BCUT2D eigenvalue weighted by Gasteiger charge is 2.24. The van der Waals surface area contributed by atoms with Crippen LogP contribution in [-0.4, -0.2) is 39.4 Å². The highest BCUT2D eigenvalue weighted by Crippen LogP contribution is 2.16. The lowest BCUT2D eigenvalue weighted by atomic mass is 10.2. The number of sulfonamides is 1. The average molecular weight is 281 g/mol. The Kier molecular flexibility index (Phi) is 4.56. The molecule has 6 heteroatoms. The summed E-state index contributed by atoms with van der Waals surface area (Å²) >= 11 is 0. The number of aliphatic hydroxyl groups excluding tert-OH is 1. The Bertz CT molecular complexity index is 595. The molecule has 0 radical (unpaired) electrons. The van der Waals surface area contributed by atoms with Crippen molar-refractivity contribution in [1.29, 1.82) is 0 Å². The van der Waals surface area contributed by atoms with Crippen LogP contribution in [0.3, 0.4) is 0 Å². The van der Waals surface area contributed by atoms with Gasteiger partial charge in [-0.3, -0.25) is 0 Å². The first-order valence-corrected chi connectivity index (χ1v) is 7.40. The lowest BCUT2D eigenvalue weighted by molar-refractivity contribution is 0.192. The summed E-state index contributed by atoms with van der Waals surface area (Å²) in [7, 11) is -3.62. The van der Waals surface area contributed by atoms with Crippen molar-refractivity contribution in [3.8, 4) is 11.8 Å². The molecule has 1 heterocycles. The van der Waals surface area contributed by atoms with Crippen molar-refractivity contribution in [3.63, 3.8) is 0 Å². The molecular weight excluding hydrogens is 266 g/mol. The third-order valence-electron chi connectivity index (χ3n) is 2.73. The van der Waals surface area contributed by atoms with Gasteiger partial charge in [0.25, 0.3) is 0 Å². The van der Waals surface area contributed by atoms with E-state index >= 15 is 0 Å². The molecule has 1 aromatic rings. The number of rotatable bonds is 3. The predicted molar refractivity (Wildman–Crippen MR) is 70.0 cm³/mol. The maximum Gasteiger partial charge on any atom is 0.242 e. The Labute approximate surface area is 112 Å². The zero-order chi connectivity index (χ0) is 13.7. The molecular formula is C13H15NO4S. The van der Waals surface area contributed by atoms with E-state index in [0.29, 0.717) is 25.2 Å². The Morgan fingerprint density at radius 1 is 1.42 bits per heavy atom. The van der Waals surface area contributed by atoms with Crippen molar-refractivity contribution >= 4 is 10.0 Å². The van der Waals surface area contributed by atoms with E-state index in [9.17, 15) is 8.42 Å². The zero-order valence-electron chi connectivity index (χ0n) is 10.3. The molecule has 1 saturated heterocycles. The van der Waals surface area contributed by atoms with E-state index in [1.54, 1.807) is 18.2 Å². The van der Waals surface area contributed by atoms with E-state index in [0.717, 1.165) is 0 Å². The number of aliphatic hydroxyl groups is 1. The lowest BCUT2D eigenvalue weighted by Gasteiger charge is -2.12. The van der Waals surface area contributed by atoms with Crippen molar-refractivity contribution < 1.29 is 18.3 Å².